The summed E-state index contributed by atoms with van der Waals surface area (Å²) in [5.41, 5.74) is 1.32. The Labute approximate surface area is 160 Å². The maximum Gasteiger partial charge on any atom is 0.410 e. The van der Waals surface area contributed by atoms with Crippen LogP contribution in [-0.2, 0) is 11.2 Å². The number of anilines is 1. The SMILES string of the molecule is C[C@@H]1C[C@H](C(F)(F)F)n2nc([C@H]3CCN(C(=O)Cc4ccccn4)C3)cc2N1. The number of halogens is 3. The maximum absolute atomic E-state index is 13.4. The van der Waals surface area contributed by atoms with E-state index in [0.717, 1.165) is 4.68 Å². The fourth-order valence-corrected chi connectivity index (χ4v) is 3.97. The zero-order valence-electron chi connectivity index (χ0n) is 15.5. The van der Waals surface area contributed by atoms with Crippen LogP contribution >= 0.6 is 0 Å². The molecule has 2 aliphatic rings. The number of likely N-dealkylation sites (tertiary alicyclic amines) is 1. The van der Waals surface area contributed by atoms with Gasteiger partial charge in [0.1, 0.15) is 5.82 Å². The zero-order valence-corrected chi connectivity index (χ0v) is 15.5. The van der Waals surface area contributed by atoms with Crippen LogP contribution in [0, 0.1) is 0 Å². The van der Waals surface area contributed by atoms with Crippen molar-refractivity contribution in [2.45, 2.75) is 50.4 Å². The van der Waals surface area contributed by atoms with E-state index in [2.05, 4.69) is 15.4 Å². The number of carbonyl (C=O) groups is 1. The van der Waals surface area contributed by atoms with E-state index in [1.807, 2.05) is 6.07 Å². The van der Waals surface area contributed by atoms with E-state index in [-0.39, 0.29) is 30.7 Å². The number of aromatic nitrogens is 3. The highest BCUT2D eigenvalue weighted by Crippen LogP contribution is 2.40. The lowest BCUT2D eigenvalue weighted by Gasteiger charge is -2.31. The van der Waals surface area contributed by atoms with E-state index in [0.29, 0.717) is 36.7 Å². The molecule has 0 aliphatic carbocycles. The number of alkyl halides is 3. The van der Waals surface area contributed by atoms with E-state index in [1.165, 1.54) is 0 Å². The second-order valence-electron chi connectivity index (χ2n) is 7.56. The van der Waals surface area contributed by atoms with Gasteiger partial charge in [0.2, 0.25) is 5.91 Å². The minimum Gasteiger partial charge on any atom is -0.368 e. The molecule has 2 aromatic heterocycles. The molecule has 4 rings (SSSR count). The lowest BCUT2D eigenvalue weighted by molar-refractivity contribution is -0.173. The molecule has 0 unspecified atom stereocenters. The van der Waals surface area contributed by atoms with Crippen molar-refractivity contribution in [3.05, 3.63) is 41.9 Å². The summed E-state index contributed by atoms with van der Waals surface area (Å²) in [7, 11) is 0. The van der Waals surface area contributed by atoms with E-state index >= 15 is 0 Å². The molecular weight excluding hydrogens is 371 g/mol. The molecular formula is C19H22F3N5O. The Morgan fingerprint density at radius 1 is 1.36 bits per heavy atom. The Bertz CT molecular complexity index is 851. The fraction of sp³-hybridized carbons (Fsp3) is 0.526. The van der Waals surface area contributed by atoms with Gasteiger partial charge in [0.05, 0.1) is 12.1 Å². The van der Waals surface area contributed by atoms with Crippen LogP contribution in [0.15, 0.2) is 30.5 Å². The number of hydrogen-bond acceptors (Lipinski definition) is 4. The molecule has 2 aromatic rings. The fourth-order valence-electron chi connectivity index (χ4n) is 3.97. The van der Waals surface area contributed by atoms with Crippen LogP contribution in [0.3, 0.4) is 0 Å². The average molecular weight is 393 g/mol. The summed E-state index contributed by atoms with van der Waals surface area (Å²) < 4.78 is 41.3. The molecule has 9 heteroatoms. The molecule has 1 amide bonds. The second-order valence-corrected chi connectivity index (χ2v) is 7.56. The smallest absolute Gasteiger partial charge is 0.368 e. The maximum atomic E-state index is 13.4. The van der Waals surface area contributed by atoms with E-state index in [4.69, 9.17) is 0 Å². The monoisotopic (exact) mass is 393 g/mol. The quantitative estimate of drug-likeness (QED) is 0.870. The second kappa shape index (κ2) is 7.10. The number of rotatable bonds is 3. The van der Waals surface area contributed by atoms with Gasteiger partial charge in [-0.05, 0) is 31.9 Å². The summed E-state index contributed by atoms with van der Waals surface area (Å²) >= 11 is 0. The highest BCUT2D eigenvalue weighted by molar-refractivity contribution is 5.78. The van der Waals surface area contributed by atoms with Crippen molar-refractivity contribution in [3.63, 3.8) is 0 Å². The van der Waals surface area contributed by atoms with Gasteiger partial charge < -0.3 is 10.2 Å². The van der Waals surface area contributed by atoms with Crippen molar-refractivity contribution in [2.24, 2.45) is 0 Å². The first-order valence-electron chi connectivity index (χ1n) is 9.41. The summed E-state index contributed by atoms with van der Waals surface area (Å²) in [5.74, 6) is 0.316. The summed E-state index contributed by atoms with van der Waals surface area (Å²) in [6, 6.07) is 5.25. The largest absolute Gasteiger partial charge is 0.410 e. The van der Waals surface area contributed by atoms with Crippen molar-refractivity contribution in [3.8, 4) is 0 Å². The van der Waals surface area contributed by atoms with Gasteiger partial charge in [-0.25, -0.2) is 4.68 Å². The third-order valence-electron chi connectivity index (χ3n) is 5.42. The van der Waals surface area contributed by atoms with Crippen LogP contribution < -0.4 is 5.32 Å². The molecule has 2 aliphatic heterocycles. The number of pyridine rings is 1. The predicted molar refractivity (Wildman–Crippen MR) is 96.9 cm³/mol. The average Bonchev–Trinajstić information content (AvgIpc) is 3.27. The third kappa shape index (κ3) is 3.70. The molecule has 28 heavy (non-hydrogen) atoms. The van der Waals surface area contributed by atoms with Crippen molar-refractivity contribution >= 4 is 11.7 Å². The first-order valence-corrected chi connectivity index (χ1v) is 9.41. The van der Waals surface area contributed by atoms with Crippen LogP contribution in [0.5, 0.6) is 0 Å². The molecule has 3 atom stereocenters. The summed E-state index contributed by atoms with van der Waals surface area (Å²) in [5, 5.41) is 7.36. The standard InChI is InChI=1S/C19H22F3N5O/c1-12-8-16(19(20,21)22)27-17(24-12)10-15(25-27)13-5-7-26(11-13)18(28)9-14-4-2-3-6-23-14/h2-4,6,10,12-13,16,24H,5,7-9,11H2,1H3/t12-,13+,16-/m1/s1. The number of hydrogen-bond donors (Lipinski definition) is 1. The molecule has 1 saturated heterocycles. The van der Waals surface area contributed by atoms with Gasteiger partial charge in [0, 0.05) is 43.0 Å². The predicted octanol–water partition coefficient (Wildman–Crippen LogP) is 3.14. The minimum atomic E-state index is -4.34. The molecule has 0 saturated carbocycles. The van der Waals surface area contributed by atoms with E-state index < -0.39 is 12.2 Å². The topological polar surface area (TPSA) is 63.1 Å². The van der Waals surface area contributed by atoms with Crippen LogP contribution in [0.1, 0.15) is 43.1 Å². The first kappa shape index (κ1) is 18.8. The number of nitrogens with one attached hydrogen (secondary N) is 1. The van der Waals surface area contributed by atoms with Crippen molar-refractivity contribution in [1.29, 1.82) is 0 Å². The number of fused-ring (bicyclic) bond motifs is 1. The van der Waals surface area contributed by atoms with Gasteiger partial charge in [-0.15, -0.1) is 0 Å². The van der Waals surface area contributed by atoms with E-state index in [9.17, 15) is 18.0 Å². The molecule has 6 nitrogen and oxygen atoms in total. The van der Waals surface area contributed by atoms with Gasteiger partial charge in [-0.2, -0.15) is 18.3 Å². The van der Waals surface area contributed by atoms with Gasteiger partial charge in [-0.1, -0.05) is 6.07 Å². The number of carbonyl (C=O) groups excluding carboxylic acids is 1. The molecule has 0 radical (unpaired) electrons. The molecule has 1 fully saturated rings. The van der Waals surface area contributed by atoms with Crippen molar-refractivity contribution in [2.75, 3.05) is 18.4 Å². The highest BCUT2D eigenvalue weighted by Gasteiger charge is 2.46. The summed E-state index contributed by atoms with van der Waals surface area (Å²) in [6.07, 6.45) is -1.82. The Hall–Kier alpha value is -2.58. The van der Waals surface area contributed by atoms with Gasteiger partial charge in [-0.3, -0.25) is 9.78 Å². The van der Waals surface area contributed by atoms with Crippen molar-refractivity contribution in [1.82, 2.24) is 19.7 Å². The summed E-state index contributed by atoms with van der Waals surface area (Å²) in [4.78, 5) is 18.4. The Morgan fingerprint density at radius 2 is 2.18 bits per heavy atom. The molecule has 4 heterocycles. The molecule has 0 aromatic carbocycles. The Balaban J connectivity index is 1.47. The Morgan fingerprint density at radius 3 is 2.89 bits per heavy atom. The lowest BCUT2D eigenvalue weighted by atomic mass is 10.0. The third-order valence-corrected chi connectivity index (χ3v) is 5.42. The highest BCUT2D eigenvalue weighted by atomic mass is 19.4. The Kier molecular flexibility index (Phi) is 4.76. The van der Waals surface area contributed by atoms with Gasteiger partial charge >= 0.3 is 6.18 Å². The van der Waals surface area contributed by atoms with Crippen molar-refractivity contribution < 1.29 is 18.0 Å². The van der Waals surface area contributed by atoms with E-state index in [1.54, 1.807) is 36.2 Å². The zero-order chi connectivity index (χ0) is 19.9. The van der Waals surface area contributed by atoms with Gasteiger partial charge in [0.25, 0.3) is 0 Å². The minimum absolute atomic E-state index is 0.0231. The number of amides is 1. The molecule has 0 spiro atoms. The molecule has 0 bridgehead atoms. The normalized spacial score (nSPS) is 24.7. The number of nitrogens with zero attached hydrogens (tertiary/aromatic N) is 4. The first-order chi connectivity index (χ1) is 13.3. The van der Waals surface area contributed by atoms with Crippen LogP contribution in [0.2, 0.25) is 0 Å². The summed E-state index contributed by atoms with van der Waals surface area (Å²) in [6.45, 7) is 2.78. The van der Waals surface area contributed by atoms with Crippen LogP contribution in [-0.4, -0.2) is 50.9 Å². The molecule has 150 valence electrons. The molecule has 1 N–H and O–H groups in total. The van der Waals surface area contributed by atoms with Crippen LogP contribution in [0.25, 0.3) is 0 Å². The van der Waals surface area contributed by atoms with Gasteiger partial charge in [0.15, 0.2) is 6.04 Å². The lowest BCUT2D eigenvalue weighted by Crippen LogP contribution is -2.37. The van der Waals surface area contributed by atoms with Crippen LogP contribution in [0.4, 0.5) is 19.0 Å².